The van der Waals surface area contributed by atoms with E-state index in [9.17, 15) is 24.0 Å². The standard InChI is InChI=1S/C35H35N5O6/c1-33-17-18-34(46-33)28(27(33)29(42)37-19-23-11-5-2-6-12-23)30(43)40(22-26(36)41)35(34,31(44)38-20-24-13-7-3-8-14-24)32(45)39-21-25-15-9-4-10-16-25/h2-18,27-28H,19-22H2,1H3,(H2,36,41)(H,37,42)(H,38,44)(H,39,45)/t27-,28+,33-,34+/m1/s1. The zero-order valence-electron chi connectivity index (χ0n) is 25.3. The molecule has 0 radical (unpaired) electrons. The highest BCUT2D eigenvalue weighted by molar-refractivity contribution is 6.18. The second-order valence-corrected chi connectivity index (χ2v) is 12.0. The van der Waals surface area contributed by atoms with E-state index < -0.39 is 64.7 Å². The lowest BCUT2D eigenvalue weighted by Gasteiger charge is -2.43. The molecule has 4 atom stereocenters. The van der Waals surface area contributed by atoms with Gasteiger partial charge in [-0.05, 0) is 29.7 Å². The predicted octanol–water partition coefficient (Wildman–Crippen LogP) is 1.33. The number of hydrogen-bond acceptors (Lipinski definition) is 6. The Balaban J connectivity index is 1.42. The smallest absolute Gasteiger partial charge is 0.259 e. The van der Waals surface area contributed by atoms with Crippen molar-refractivity contribution in [3.63, 3.8) is 0 Å². The van der Waals surface area contributed by atoms with Crippen LogP contribution in [0.3, 0.4) is 0 Å². The van der Waals surface area contributed by atoms with E-state index in [0.717, 1.165) is 21.6 Å². The normalized spacial score (nSPS) is 25.2. The molecular weight excluding hydrogens is 586 g/mol. The number of nitrogens with two attached hydrogens (primary N) is 1. The van der Waals surface area contributed by atoms with Gasteiger partial charge in [0.1, 0.15) is 12.1 Å². The number of primary amides is 1. The van der Waals surface area contributed by atoms with Crippen LogP contribution in [0, 0.1) is 11.8 Å². The zero-order chi connectivity index (χ0) is 32.5. The van der Waals surface area contributed by atoms with E-state index in [4.69, 9.17) is 10.5 Å². The van der Waals surface area contributed by atoms with Gasteiger partial charge in [-0.2, -0.15) is 0 Å². The fraction of sp³-hybridized carbons (Fsp3) is 0.286. The third-order valence-corrected chi connectivity index (χ3v) is 9.12. The minimum absolute atomic E-state index is 0.0225. The Hall–Kier alpha value is -5.29. The second-order valence-electron chi connectivity index (χ2n) is 12.0. The van der Waals surface area contributed by atoms with Crippen LogP contribution in [0.15, 0.2) is 103 Å². The Kier molecular flexibility index (Phi) is 7.95. The lowest BCUT2D eigenvalue weighted by molar-refractivity contribution is -0.167. The maximum atomic E-state index is 14.6. The number of carbonyl (C=O) groups excluding carboxylic acids is 5. The van der Waals surface area contributed by atoms with Gasteiger partial charge in [0.2, 0.25) is 23.3 Å². The van der Waals surface area contributed by atoms with Crippen LogP contribution < -0.4 is 21.7 Å². The first-order valence-electron chi connectivity index (χ1n) is 15.1. The van der Waals surface area contributed by atoms with Crippen LogP contribution in [0.4, 0.5) is 0 Å². The summed E-state index contributed by atoms with van der Waals surface area (Å²) in [5.41, 5.74) is 2.29. The van der Waals surface area contributed by atoms with E-state index in [2.05, 4.69) is 16.0 Å². The van der Waals surface area contributed by atoms with Crippen molar-refractivity contribution in [3.8, 4) is 0 Å². The highest BCUT2D eigenvalue weighted by Gasteiger charge is 2.84. The molecule has 3 aromatic carbocycles. The van der Waals surface area contributed by atoms with Crippen LogP contribution in [0.2, 0.25) is 0 Å². The molecule has 0 unspecified atom stereocenters. The third kappa shape index (κ3) is 4.93. The van der Waals surface area contributed by atoms with Gasteiger partial charge in [-0.1, -0.05) is 97.1 Å². The molecule has 236 valence electrons. The van der Waals surface area contributed by atoms with Crippen molar-refractivity contribution < 1.29 is 28.7 Å². The Morgan fingerprint density at radius 3 is 1.65 bits per heavy atom. The molecule has 3 aliphatic rings. The van der Waals surface area contributed by atoms with E-state index in [-0.39, 0.29) is 19.6 Å². The number of hydrogen-bond donors (Lipinski definition) is 4. The van der Waals surface area contributed by atoms with Gasteiger partial charge in [-0.3, -0.25) is 24.0 Å². The van der Waals surface area contributed by atoms with Crippen molar-refractivity contribution >= 4 is 29.5 Å². The summed E-state index contributed by atoms with van der Waals surface area (Å²) in [5, 5.41) is 8.54. The molecule has 11 nitrogen and oxygen atoms in total. The Labute approximate surface area is 266 Å². The first-order valence-corrected chi connectivity index (χ1v) is 15.1. The average molecular weight is 622 g/mol. The molecule has 1 spiro atoms. The van der Waals surface area contributed by atoms with Crippen LogP contribution in [0.5, 0.6) is 0 Å². The molecule has 3 heterocycles. The lowest BCUT2D eigenvalue weighted by atomic mass is 9.65. The number of ether oxygens (including phenoxy) is 1. The predicted molar refractivity (Wildman–Crippen MR) is 167 cm³/mol. The van der Waals surface area contributed by atoms with Gasteiger partial charge in [0.05, 0.1) is 17.4 Å². The molecule has 5 N–H and O–H groups in total. The number of rotatable bonds is 11. The van der Waals surface area contributed by atoms with Crippen molar-refractivity contribution in [2.24, 2.45) is 17.6 Å². The van der Waals surface area contributed by atoms with Crippen molar-refractivity contribution in [3.05, 3.63) is 120 Å². The van der Waals surface area contributed by atoms with Gasteiger partial charge >= 0.3 is 0 Å². The summed E-state index contributed by atoms with van der Waals surface area (Å²) in [6.45, 7) is 1.14. The summed E-state index contributed by atoms with van der Waals surface area (Å²) in [6, 6.07) is 27.4. The molecule has 6 rings (SSSR count). The van der Waals surface area contributed by atoms with Crippen LogP contribution in [0.1, 0.15) is 23.6 Å². The number of carbonyl (C=O) groups is 5. The molecule has 0 aliphatic carbocycles. The molecule has 3 aliphatic heterocycles. The molecule has 46 heavy (non-hydrogen) atoms. The van der Waals surface area contributed by atoms with E-state index >= 15 is 0 Å². The third-order valence-electron chi connectivity index (χ3n) is 9.12. The van der Waals surface area contributed by atoms with Crippen molar-refractivity contribution in [1.29, 1.82) is 0 Å². The summed E-state index contributed by atoms with van der Waals surface area (Å²) < 4.78 is 6.59. The minimum Gasteiger partial charge on any atom is -0.368 e. The summed E-state index contributed by atoms with van der Waals surface area (Å²) in [5.74, 6) is -6.32. The largest absolute Gasteiger partial charge is 0.368 e. The van der Waals surface area contributed by atoms with E-state index in [0.29, 0.717) is 0 Å². The molecule has 2 fully saturated rings. The van der Waals surface area contributed by atoms with E-state index in [1.807, 2.05) is 42.5 Å². The van der Waals surface area contributed by atoms with Crippen LogP contribution in [0.25, 0.3) is 0 Å². The molecule has 5 amide bonds. The highest BCUT2D eigenvalue weighted by atomic mass is 16.5. The number of fused-ring (bicyclic) bond motifs is 1. The Morgan fingerprint density at radius 1 is 0.739 bits per heavy atom. The van der Waals surface area contributed by atoms with E-state index in [1.54, 1.807) is 61.5 Å². The van der Waals surface area contributed by atoms with E-state index in [1.165, 1.54) is 6.08 Å². The van der Waals surface area contributed by atoms with Crippen LogP contribution in [-0.4, -0.2) is 57.7 Å². The molecule has 11 heteroatoms. The summed E-state index contributed by atoms with van der Waals surface area (Å²) in [4.78, 5) is 71.0. The highest BCUT2D eigenvalue weighted by Crippen LogP contribution is 2.63. The number of benzene rings is 3. The zero-order valence-corrected chi connectivity index (χ0v) is 25.3. The van der Waals surface area contributed by atoms with Gasteiger partial charge < -0.3 is 31.3 Å². The summed E-state index contributed by atoms with van der Waals surface area (Å²) in [7, 11) is 0. The van der Waals surface area contributed by atoms with Crippen LogP contribution in [-0.2, 0) is 48.3 Å². The monoisotopic (exact) mass is 621 g/mol. The number of nitrogens with zero attached hydrogens (tertiary/aromatic N) is 1. The summed E-state index contributed by atoms with van der Waals surface area (Å²) in [6.07, 6.45) is 3.16. The number of likely N-dealkylation sites (tertiary alicyclic amines) is 1. The molecule has 0 aromatic heterocycles. The molecular formula is C35H35N5O6. The quantitative estimate of drug-likeness (QED) is 0.187. The van der Waals surface area contributed by atoms with Crippen molar-refractivity contribution in [2.45, 2.75) is 43.3 Å². The van der Waals surface area contributed by atoms with Crippen molar-refractivity contribution in [1.82, 2.24) is 20.9 Å². The summed E-state index contributed by atoms with van der Waals surface area (Å²) >= 11 is 0. The van der Waals surface area contributed by atoms with Gasteiger partial charge in [-0.15, -0.1) is 0 Å². The Bertz CT molecular complexity index is 1640. The topological polar surface area (TPSA) is 160 Å². The van der Waals surface area contributed by atoms with Gasteiger partial charge in [-0.25, -0.2) is 0 Å². The lowest BCUT2D eigenvalue weighted by Crippen LogP contribution is -2.74. The Morgan fingerprint density at radius 2 is 1.20 bits per heavy atom. The minimum atomic E-state index is -2.42. The van der Waals surface area contributed by atoms with Gasteiger partial charge in [0, 0.05) is 19.6 Å². The SMILES string of the molecule is C[C@]12C=C[C@]3(O1)[C@H](C(=O)N(CC(N)=O)C3(C(=O)NCc1ccccc1)C(=O)NCc1ccccc1)[C@@H]2C(=O)NCc1ccccc1. The van der Waals surface area contributed by atoms with Gasteiger partial charge in [0.25, 0.3) is 11.8 Å². The fourth-order valence-corrected chi connectivity index (χ4v) is 7.10. The maximum absolute atomic E-state index is 14.6. The number of amides is 5. The fourth-order valence-electron chi connectivity index (χ4n) is 7.10. The molecule has 3 aromatic rings. The van der Waals surface area contributed by atoms with Crippen LogP contribution >= 0.6 is 0 Å². The average Bonchev–Trinajstić information content (AvgIpc) is 3.62. The van der Waals surface area contributed by atoms with Crippen molar-refractivity contribution in [2.75, 3.05) is 6.54 Å². The first kappa shape index (κ1) is 30.7. The first-order chi connectivity index (χ1) is 22.1. The number of nitrogens with one attached hydrogen (secondary N) is 3. The molecule has 2 bridgehead atoms. The molecule has 0 saturated carbocycles. The van der Waals surface area contributed by atoms with Gasteiger partial charge in [0.15, 0.2) is 0 Å². The molecule has 2 saturated heterocycles. The second kappa shape index (κ2) is 11.9. The maximum Gasteiger partial charge on any atom is 0.259 e.